The fourth-order valence-corrected chi connectivity index (χ4v) is 3.86. The molecule has 1 amide bonds. The number of nitrogens with one attached hydrogen (secondary N) is 1. The van der Waals surface area contributed by atoms with Crippen molar-refractivity contribution >= 4 is 23.4 Å². The van der Waals surface area contributed by atoms with Crippen LogP contribution in [0, 0.1) is 6.92 Å². The Morgan fingerprint density at radius 3 is 2.55 bits per heavy atom. The van der Waals surface area contributed by atoms with Crippen LogP contribution in [-0.2, 0) is 11.3 Å². The van der Waals surface area contributed by atoms with Crippen molar-refractivity contribution in [3.05, 3.63) is 78.3 Å². The number of thioether (sulfide) groups is 1. The lowest BCUT2D eigenvalue weighted by Gasteiger charge is -2.10. The van der Waals surface area contributed by atoms with Crippen molar-refractivity contribution in [1.29, 1.82) is 0 Å². The van der Waals surface area contributed by atoms with Gasteiger partial charge in [0.1, 0.15) is 11.5 Å². The Morgan fingerprint density at radius 2 is 1.87 bits per heavy atom. The summed E-state index contributed by atoms with van der Waals surface area (Å²) in [4.78, 5) is 12.5. The number of hydrogen-bond donors (Lipinski definition) is 1. The summed E-state index contributed by atoms with van der Waals surface area (Å²) in [6.45, 7) is 2.49. The summed E-state index contributed by atoms with van der Waals surface area (Å²) in [5, 5.41) is 12.3. The zero-order chi connectivity index (χ0) is 21.6. The molecule has 158 valence electrons. The highest BCUT2D eigenvalue weighted by Crippen LogP contribution is 2.28. The van der Waals surface area contributed by atoms with E-state index in [0.717, 1.165) is 22.6 Å². The first-order chi connectivity index (χ1) is 15.1. The lowest BCUT2D eigenvalue weighted by Crippen LogP contribution is -2.14. The first-order valence-corrected chi connectivity index (χ1v) is 10.7. The molecule has 0 unspecified atom stereocenters. The van der Waals surface area contributed by atoms with Crippen molar-refractivity contribution in [2.75, 3.05) is 18.2 Å². The second kappa shape index (κ2) is 9.53. The van der Waals surface area contributed by atoms with Crippen molar-refractivity contribution in [1.82, 2.24) is 14.8 Å². The van der Waals surface area contributed by atoms with Gasteiger partial charge in [-0.3, -0.25) is 9.36 Å². The topological polar surface area (TPSA) is 82.2 Å². The maximum atomic E-state index is 12.5. The van der Waals surface area contributed by atoms with E-state index in [-0.39, 0.29) is 11.7 Å². The molecule has 2 aromatic carbocycles. The standard InChI is InChI=1S/C23H22N4O3S/c1-16-20(12-13-30-16)22-25-26-23(27(22)14-17-6-4-3-5-7-17)31-15-21(28)24-18-8-10-19(29-2)11-9-18/h3-13H,14-15H2,1-2H3,(H,24,28). The molecule has 0 radical (unpaired) electrons. The fourth-order valence-electron chi connectivity index (χ4n) is 3.12. The van der Waals surface area contributed by atoms with Gasteiger partial charge in [-0.05, 0) is 42.8 Å². The number of amides is 1. The third-order valence-corrected chi connectivity index (χ3v) is 5.67. The van der Waals surface area contributed by atoms with E-state index in [1.807, 2.05) is 35.8 Å². The molecule has 0 bridgehead atoms. The first kappa shape index (κ1) is 20.7. The van der Waals surface area contributed by atoms with Gasteiger partial charge in [-0.15, -0.1) is 10.2 Å². The van der Waals surface area contributed by atoms with Crippen LogP contribution < -0.4 is 10.1 Å². The van der Waals surface area contributed by atoms with E-state index in [4.69, 9.17) is 9.15 Å². The molecule has 0 fully saturated rings. The Morgan fingerprint density at radius 1 is 1.10 bits per heavy atom. The molecule has 4 rings (SSSR count). The molecule has 0 atom stereocenters. The number of benzene rings is 2. The van der Waals surface area contributed by atoms with Crippen LogP contribution in [0.2, 0.25) is 0 Å². The molecular weight excluding hydrogens is 412 g/mol. The Bertz CT molecular complexity index is 1150. The molecule has 2 heterocycles. The Kier molecular flexibility index (Phi) is 6.37. The van der Waals surface area contributed by atoms with Crippen molar-refractivity contribution in [3.63, 3.8) is 0 Å². The van der Waals surface area contributed by atoms with Gasteiger partial charge in [0.05, 0.1) is 31.2 Å². The predicted molar refractivity (Wildman–Crippen MR) is 120 cm³/mol. The molecule has 4 aromatic rings. The zero-order valence-electron chi connectivity index (χ0n) is 17.2. The average Bonchev–Trinajstić information content (AvgIpc) is 3.39. The summed E-state index contributed by atoms with van der Waals surface area (Å²) in [6.07, 6.45) is 1.64. The van der Waals surface area contributed by atoms with Crippen molar-refractivity contribution < 1.29 is 13.9 Å². The van der Waals surface area contributed by atoms with Crippen molar-refractivity contribution in [3.8, 4) is 17.1 Å². The average molecular weight is 435 g/mol. The van der Waals surface area contributed by atoms with E-state index in [1.54, 1.807) is 37.6 Å². The summed E-state index contributed by atoms with van der Waals surface area (Å²) >= 11 is 1.35. The maximum Gasteiger partial charge on any atom is 0.234 e. The highest BCUT2D eigenvalue weighted by Gasteiger charge is 2.18. The lowest BCUT2D eigenvalue weighted by atomic mass is 10.2. The lowest BCUT2D eigenvalue weighted by molar-refractivity contribution is -0.113. The number of furan rings is 1. The normalized spacial score (nSPS) is 10.8. The van der Waals surface area contributed by atoms with Crippen LogP contribution in [0.4, 0.5) is 5.69 Å². The summed E-state index contributed by atoms with van der Waals surface area (Å²) in [5.41, 5.74) is 2.72. The third-order valence-electron chi connectivity index (χ3n) is 4.71. The number of carbonyl (C=O) groups excluding carboxylic acids is 1. The zero-order valence-corrected chi connectivity index (χ0v) is 18.1. The number of nitrogens with zero attached hydrogens (tertiary/aromatic N) is 3. The van der Waals surface area contributed by atoms with Gasteiger partial charge < -0.3 is 14.5 Å². The summed E-state index contributed by atoms with van der Waals surface area (Å²) in [6, 6.07) is 19.2. The number of ether oxygens (including phenoxy) is 1. The molecule has 2 aromatic heterocycles. The number of aromatic nitrogens is 3. The van der Waals surface area contributed by atoms with Crippen LogP contribution in [0.5, 0.6) is 5.75 Å². The minimum absolute atomic E-state index is 0.120. The predicted octanol–water partition coefficient (Wildman–Crippen LogP) is 4.63. The molecule has 0 saturated carbocycles. The van der Waals surface area contributed by atoms with E-state index in [0.29, 0.717) is 23.2 Å². The number of methoxy groups -OCH3 is 1. The van der Waals surface area contributed by atoms with Crippen LogP contribution >= 0.6 is 11.8 Å². The number of carbonyl (C=O) groups is 1. The van der Waals surface area contributed by atoms with Gasteiger partial charge in [0, 0.05) is 5.69 Å². The van der Waals surface area contributed by atoms with Crippen molar-refractivity contribution in [2.24, 2.45) is 0 Å². The van der Waals surface area contributed by atoms with Gasteiger partial charge in [0.2, 0.25) is 5.91 Å². The van der Waals surface area contributed by atoms with E-state index < -0.39 is 0 Å². The Hall–Kier alpha value is -3.52. The summed E-state index contributed by atoms with van der Waals surface area (Å²) < 4.78 is 12.6. The molecule has 0 aliphatic heterocycles. The van der Waals surface area contributed by atoms with Crippen LogP contribution in [-0.4, -0.2) is 33.5 Å². The van der Waals surface area contributed by atoms with Crippen LogP contribution in [0.3, 0.4) is 0 Å². The molecule has 1 N–H and O–H groups in total. The number of anilines is 1. The van der Waals surface area contributed by atoms with Gasteiger partial charge in [-0.1, -0.05) is 42.1 Å². The quantitative estimate of drug-likeness (QED) is 0.407. The van der Waals surface area contributed by atoms with E-state index in [1.165, 1.54) is 11.8 Å². The van der Waals surface area contributed by atoms with Crippen LogP contribution in [0.25, 0.3) is 11.4 Å². The first-order valence-electron chi connectivity index (χ1n) is 9.72. The smallest absolute Gasteiger partial charge is 0.234 e. The number of rotatable bonds is 8. The van der Waals surface area contributed by atoms with E-state index >= 15 is 0 Å². The van der Waals surface area contributed by atoms with Gasteiger partial charge in [0.15, 0.2) is 11.0 Å². The molecule has 0 aliphatic carbocycles. The monoisotopic (exact) mass is 434 g/mol. The van der Waals surface area contributed by atoms with Gasteiger partial charge in [-0.25, -0.2) is 0 Å². The fraction of sp³-hybridized carbons (Fsp3) is 0.174. The minimum atomic E-state index is -0.120. The van der Waals surface area contributed by atoms with Crippen LogP contribution in [0.15, 0.2) is 76.5 Å². The molecule has 0 aliphatic rings. The van der Waals surface area contributed by atoms with Gasteiger partial charge >= 0.3 is 0 Å². The second-order valence-corrected chi connectivity index (χ2v) is 7.78. The third kappa shape index (κ3) is 4.97. The van der Waals surface area contributed by atoms with E-state index in [9.17, 15) is 4.79 Å². The summed E-state index contributed by atoms with van der Waals surface area (Å²) in [5.74, 6) is 2.32. The Balaban J connectivity index is 1.51. The maximum absolute atomic E-state index is 12.5. The van der Waals surface area contributed by atoms with Crippen LogP contribution in [0.1, 0.15) is 11.3 Å². The van der Waals surface area contributed by atoms with Crippen molar-refractivity contribution in [2.45, 2.75) is 18.6 Å². The SMILES string of the molecule is COc1ccc(NC(=O)CSc2nnc(-c3ccoc3C)n2Cc2ccccc2)cc1. The van der Waals surface area contributed by atoms with Gasteiger partial charge in [0.25, 0.3) is 0 Å². The van der Waals surface area contributed by atoms with E-state index in [2.05, 4.69) is 27.6 Å². The summed E-state index contributed by atoms with van der Waals surface area (Å²) in [7, 11) is 1.61. The highest BCUT2D eigenvalue weighted by molar-refractivity contribution is 7.99. The molecule has 8 heteroatoms. The highest BCUT2D eigenvalue weighted by atomic mass is 32.2. The Labute approximate surface area is 184 Å². The molecular formula is C23H22N4O3S. The number of aryl methyl sites for hydroxylation is 1. The minimum Gasteiger partial charge on any atom is -0.497 e. The number of hydrogen-bond acceptors (Lipinski definition) is 6. The molecule has 31 heavy (non-hydrogen) atoms. The van der Waals surface area contributed by atoms with Gasteiger partial charge in [-0.2, -0.15) is 0 Å². The second-order valence-electron chi connectivity index (χ2n) is 6.83. The molecule has 7 nitrogen and oxygen atoms in total. The largest absolute Gasteiger partial charge is 0.497 e. The molecule has 0 spiro atoms. The molecule has 0 saturated heterocycles.